The quantitative estimate of drug-likeness (QED) is 0.818. The van der Waals surface area contributed by atoms with Crippen LogP contribution in [0.1, 0.15) is 36.0 Å². The number of anilines is 1. The summed E-state index contributed by atoms with van der Waals surface area (Å²) in [5.74, 6) is 0.615. The van der Waals surface area contributed by atoms with Crippen LogP contribution < -0.4 is 10.2 Å². The Morgan fingerprint density at radius 3 is 2.60 bits per heavy atom. The fraction of sp³-hybridized carbons (Fsp3) is 0.368. The molecule has 1 aromatic heterocycles. The van der Waals surface area contributed by atoms with Crippen molar-refractivity contribution in [3.05, 3.63) is 54.4 Å². The van der Waals surface area contributed by atoms with E-state index in [9.17, 15) is 9.59 Å². The van der Waals surface area contributed by atoms with E-state index in [0.29, 0.717) is 18.1 Å². The van der Waals surface area contributed by atoms with E-state index < -0.39 is 0 Å². The molecule has 1 amide bonds. The average molecular weight is 338 g/mol. The number of rotatable bonds is 6. The summed E-state index contributed by atoms with van der Waals surface area (Å²) in [7, 11) is 0. The number of ketones is 1. The summed E-state index contributed by atoms with van der Waals surface area (Å²) >= 11 is 0. The summed E-state index contributed by atoms with van der Waals surface area (Å²) in [6, 6.07) is 10.9. The third-order valence-corrected chi connectivity index (χ3v) is 4.30. The van der Waals surface area contributed by atoms with Gasteiger partial charge < -0.3 is 10.2 Å². The van der Waals surface area contributed by atoms with Crippen LogP contribution >= 0.6 is 0 Å². The van der Waals surface area contributed by atoms with Gasteiger partial charge in [0.25, 0.3) is 0 Å². The normalized spacial score (nSPS) is 17.1. The summed E-state index contributed by atoms with van der Waals surface area (Å²) < 4.78 is 0. The third-order valence-electron chi connectivity index (χ3n) is 4.30. The molecule has 6 heteroatoms. The Balaban J connectivity index is 1.47. The van der Waals surface area contributed by atoms with E-state index in [4.69, 9.17) is 0 Å². The van der Waals surface area contributed by atoms with Gasteiger partial charge in [-0.15, -0.1) is 0 Å². The van der Waals surface area contributed by atoms with Gasteiger partial charge >= 0.3 is 0 Å². The van der Waals surface area contributed by atoms with Crippen LogP contribution in [0.4, 0.5) is 5.95 Å². The summed E-state index contributed by atoms with van der Waals surface area (Å²) in [4.78, 5) is 34.9. The summed E-state index contributed by atoms with van der Waals surface area (Å²) in [5, 5.41) is 3.04. The molecule has 130 valence electrons. The Morgan fingerprint density at radius 1 is 1.08 bits per heavy atom. The Bertz CT molecular complexity index is 706. The van der Waals surface area contributed by atoms with Crippen molar-refractivity contribution in [2.45, 2.75) is 31.7 Å². The van der Waals surface area contributed by atoms with E-state index in [1.54, 1.807) is 30.6 Å². The van der Waals surface area contributed by atoms with Gasteiger partial charge in [0.2, 0.25) is 11.9 Å². The van der Waals surface area contributed by atoms with Gasteiger partial charge in [0.15, 0.2) is 5.78 Å². The van der Waals surface area contributed by atoms with Crippen LogP contribution in [0.5, 0.6) is 0 Å². The van der Waals surface area contributed by atoms with Crippen molar-refractivity contribution in [2.75, 3.05) is 18.0 Å². The molecule has 3 rings (SSSR count). The number of aromatic nitrogens is 2. The smallest absolute Gasteiger partial charge is 0.225 e. The maximum atomic E-state index is 12.2. The van der Waals surface area contributed by atoms with Gasteiger partial charge in [-0.25, -0.2) is 9.97 Å². The highest BCUT2D eigenvalue weighted by Gasteiger charge is 2.23. The number of piperidine rings is 1. The molecule has 0 spiro atoms. The fourth-order valence-corrected chi connectivity index (χ4v) is 3.03. The average Bonchev–Trinajstić information content (AvgIpc) is 2.68. The summed E-state index contributed by atoms with van der Waals surface area (Å²) in [6.45, 7) is 1.59. The lowest BCUT2D eigenvalue weighted by molar-refractivity contribution is -0.121. The van der Waals surface area contributed by atoms with Crippen LogP contribution in [0.3, 0.4) is 0 Å². The molecule has 1 N–H and O–H groups in total. The molecule has 1 fully saturated rings. The molecule has 25 heavy (non-hydrogen) atoms. The molecule has 1 aromatic carbocycles. The molecule has 1 aliphatic heterocycles. The van der Waals surface area contributed by atoms with E-state index in [1.807, 2.05) is 18.2 Å². The van der Waals surface area contributed by atoms with Crippen molar-refractivity contribution in [1.82, 2.24) is 15.3 Å². The fourth-order valence-electron chi connectivity index (χ4n) is 3.03. The first kappa shape index (κ1) is 17.1. The van der Waals surface area contributed by atoms with E-state index in [-0.39, 0.29) is 30.6 Å². The minimum atomic E-state index is -0.0786. The molecule has 2 aromatic rings. The van der Waals surface area contributed by atoms with E-state index in [1.165, 1.54) is 0 Å². The number of hydrogen-bond acceptors (Lipinski definition) is 5. The molecule has 2 heterocycles. The van der Waals surface area contributed by atoms with Crippen LogP contribution in [-0.4, -0.2) is 40.8 Å². The number of nitrogens with zero attached hydrogens (tertiary/aromatic N) is 3. The van der Waals surface area contributed by atoms with Crippen molar-refractivity contribution >= 4 is 17.6 Å². The number of hydrogen-bond donors (Lipinski definition) is 1. The zero-order valence-corrected chi connectivity index (χ0v) is 14.1. The zero-order valence-electron chi connectivity index (χ0n) is 14.1. The maximum absolute atomic E-state index is 12.2. The van der Waals surface area contributed by atoms with Crippen LogP contribution in [0.2, 0.25) is 0 Å². The number of amides is 1. The summed E-state index contributed by atoms with van der Waals surface area (Å²) in [5.41, 5.74) is 0.653. The highest BCUT2D eigenvalue weighted by atomic mass is 16.2. The second kappa shape index (κ2) is 8.37. The predicted molar refractivity (Wildman–Crippen MR) is 95.4 cm³/mol. The molecule has 0 aliphatic carbocycles. The largest absolute Gasteiger partial charge is 0.352 e. The molecule has 0 saturated carbocycles. The predicted octanol–water partition coefficient (Wildman–Crippen LogP) is 2.22. The van der Waals surface area contributed by atoms with E-state index >= 15 is 0 Å². The lowest BCUT2D eigenvalue weighted by atomic mass is 10.0. The molecule has 6 nitrogen and oxygen atoms in total. The Labute approximate surface area is 147 Å². The highest BCUT2D eigenvalue weighted by Crippen LogP contribution is 2.15. The van der Waals surface area contributed by atoms with Gasteiger partial charge in [-0.2, -0.15) is 0 Å². The van der Waals surface area contributed by atoms with E-state index in [2.05, 4.69) is 20.2 Å². The van der Waals surface area contributed by atoms with Gasteiger partial charge in [0.05, 0.1) is 0 Å². The van der Waals surface area contributed by atoms with Gasteiger partial charge in [-0.1, -0.05) is 30.3 Å². The van der Waals surface area contributed by atoms with Gasteiger partial charge in [0, 0.05) is 49.9 Å². The molecule has 1 aliphatic rings. The van der Waals surface area contributed by atoms with Crippen molar-refractivity contribution < 1.29 is 9.59 Å². The molecule has 0 radical (unpaired) electrons. The number of carbonyl (C=O) groups is 2. The minimum Gasteiger partial charge on any atom is -0.352 e. The van der Waals surface area contributed by atoms with Gasteiger partial charge in [-0.3, -0.25) is 9.59 Å². The molecule has 1 atom stereocenters. The van der Waals surface area contributed by atoms with Gasteiger partial charge in [-0.05, 0) is 18.9 Å². The lowest BCUT2D eigenvalue weighted by Crippen LogP contribution is -2.48. The standard InChI is InChI=1S/C19H22N4O2/c24-17(15-6-2-1-3-7-15)9-10-18(25)22-16-8-4-13-23(14-16)19-20-11-5-12-21-19/h1-3,5-7,11-12,16H,4,8-10,13-14H2,(H,22,25)/t16-/m1/s1. The van der Waals surface area contributed by atoms with Crippen molar-refractivity contribution in [3.63, 3.8) is 0 Å². The maximum Gasteiger partial charge on any atom is 0.225 e. The third kappa shape index (κ3) is 4.86. The number of benzene rings is 1. The number of nitrogens with one attached hydrogen (secondary N) is 1. The number of carbonyl (C=O) groups excluding carboxylic acids is 2. The molecular weight excluding hydrogens is 316 g/mol. The first-order valence-corrected chi connectivity index (χ1v) is 8.62. The Morgan fingerprint density at radius 2 is 1.84 bits per heavy atom. The summed E-state index contributed by atoms with van der Waals surface area (Å²) in [6.07, 6.45) is 5.80. The monoisotopic (exact) mass is 338 g/mol. The minimum absolute atomic E-state index is 0.00120. The molecular formula is C19H22N4O2. The lowest BCUT2D eigenvalue weighted by Gasteiger charge is -2.33. The first-order chi connectivity index (χ1) is 12.2. The van der Waals surface area contributed by atoms with Crippen LogP contribution in [0.25, 0.3) is 0 Å². The van der Waals surface area contributed by atoms with Crippen LogP contribution in [0.15, 0.2) is 48.8 Å². The molecule has 1 saturated heterocycles. The Hall–Kier alpha value is -2.76. The van der Waals surface area contributed by atoms with Crippen LogP contribution in [0, 0.1) is 0 Å². The molecule has 0 unspecified atom stereocenters. The highest BCUT2D eigenvalue weighted by molar-refractivity contribution is 5.97. The molecule has 0 bridgehead atoms. The van der Waals surface area contributed by atoms with Gasteiger partial charge in [0.1, 0.15) is 0 Å². The van der Waals surface area contributed by atoms with Crippen molar-refractivity contribution in [3.8, 4) is 0 Å². The topological polar surface area (TPSA) is 75.2 Å². The van der Waals surface area contributed by atoms with Crippen molar-refractivity contribution in [2.24, 2.45) is 0 Å². The SMILES string of the molecule is O=C(CCC(=O)c1ccccc1)N[C@@H]1CCCN(c2ncccn2)C1. The zero-order chi connectivity index (χ0) is 17.5. The Kier molecular flexibility index (Phi) is 5.72. The number of Topliss-reactive ketones (excluding diaryl/α,β-unsaturated/α-hetero) is 1. The second-order valence-corrected chi connectivity index (χ2v) is 6.19. The van der Waals surface area contributed by atoms with Crippen molar-refractivity contribution in [1.29, 1.82) is 0 Å². The van der Waals surface area contributed by atoms with Crippen LogP contribution in [-0.2, 0) is 4.79 Å². The van der Waals surface area contributed by atoms with E-state index in [0.717, 1.165) is 19.4 Å². The first-order valence-electron chi connectivity index (χ1n) is 8.62. The second-order valence-electron chi connectivity index (χ2n) is 6.19.